The van der Waals surface area contributed by atoms with Crippen molar-refractivity contribution in [3.8, 4) is 6.07 Å². The summed E-state index contributed by atoms with van der Waals surface area (Å²) in [5.74, 6) is -1.06. The molecule has 9 heteroatoms. The second-order valence-electron chi connectivity index (χ2n) is 7.38. The summed E-state index contributed by atoms with van der Waals surface area (Å²) >= 11 is 0. The molecule has 0 unspecified atom stereocenters. The molecule has 0 saturated carbocycles. The van der Waals surface area contributed by atoms with E-state index in [0.29, 0.717) is 24.2 Å². The van der Waals surface area contributed by atoms with Gasteiger partial charge in [0.25, 0.3) is 0 Å². The number of nitrogens with one attached hydrogen (secondary N) is 1. The highest BCUT2D eigenvalue weighted by atomic mass is 19.1. The second-order valence-corrected chi connectivity index (χ2v) is 7.38. The number of ether oxygens (including phenoxy) is 1. The number of benzene rings is 2. The van der Waals surface area contributed by atoms with E-state index in [9.17, 15) is 14.0 Å². The molecule has 0 spiro atoms. The Morgan fingerprint density at radius 3 is 2.58 bits per heavy atom. The molecule has 1 heterocycles. The van der Waals surface area contributed by atoms with Crippen molar-refractivity contribution in [2.75, 3.05) is 18.5 Å². The number of carbonyl (C=O) groups is 2. The van der Waals surface area contributed by atoms with Crippen LogP contribution in [0.4, 0.5) is 10.2 Å². The summed E-state index contributed by atoms with van der Waals surface area (Å²) < 4.78 is 20.1. The maximum Gasteiger partial charge on any atom is 0.343 e. The van der Waals surface area contributed by atoms with E-state index in [1.807, 2.05) is 17.0 Å². The molecule has 33 heavy (non-hydrogen) atoms. The molecule has 0 aliphatic heterocycles. The van der Waals surface area contributed by atoms with Gasteiger partial charge in [0.1, 0.15) is 17.2 Å². The highest BCUT2D eigenvalue weighted by molar-refractivity contribution is 6.00. The van der Waals surface area contributed by atoms with Crippen LogP contribution < -0.4 is 5.32 Å². The van der Waals surface area contributed by atoms with E-state index in [1.165, 1.54) is 23.0 Å². The molecule has 0 bridgehead atoms. The van der Waals surface area contributed by atoms with Gasteiger partial charge in [-0.25, -0.2) is 9.18 Å². The standard InChI is InChI=1S/C24H24FN5O3/c1-3-33-24(32)21-13-27-29(2)23(21)28-22(31)16-30(15-19-5-4-6-20(25)11-19)14-18-9-7-17(12-26)8-10-18/h4-11,13H,3,14-16H2,1-2H3,(H,28,31). The number of esters is 1. The lowest BCUT2D eigenvalue weighted by Crippen LogP contribution is -2.33. The van der Waals surface area contributed by atoms with E-state index < -0.39 is 5.97 Å². The summed E-state index contributed by atoms with van der Waals surface area (Å²) in [4.78, 5) is 26.9. The molecular formula is C24H24FN5O3. The van der Waals surface area contributed by atoms with Gasteiger partial charge in [0, 0.05) is 20.1 Å². The number of nitriles is 1. The minimum atomic E-state index is -0.574. The van der Waals surface area contributed by atoms with Crippen molar-refractivity contribution in [2.45, 2.75) is 20.0 Å². The smallest absolute Gasteiger partial charge is 0.343 e. The van der Waals surface area contributed by atoms with Crippen molar-refractivity contribution in [3.63, 3.8) is 0 Å². The SMILES string of the molecule is CCOC(=O)c1cnn(C)c1NC(=O)CN(Cc1ccc(C#N)cc1)Cc1cccc(F)c1. The molecule has 1 amide bonds. The Labute approximate surface area is 191 Å². The predicted molar refractivity (Wildman–Crippen MR) is 119 cm³/mol. The first-order chi connectivity index (χ1) is 15.9. The van der Waals surface area contributed by atoms with Gasteiger partial charge in [-0.15, -0.1) is 0 Å². The highest BCUT2D eigenvalue weighted by Gasteiger charge is 2.20. The maximum atomic E-state index is 13.7. The Balaban J connectivity index is 1.77. The fourth-order valence-corrected chi connectivity index (χ4v) is 3.32. The fraction of sp³-hybridized carbons (Fsp3) is 0.250. The van der Waals surface area contributed by atoms with Crippen molar-refractivity contribution in [1.82, 2.24) is 14.7 Å². The molecule has 8 nitrogen and oxygen atoms in total. The van der Waals surface area contributed by atoms with Gasteiger partial charge in [0.15, 0.2) is 0 Å². The average molecular weight is 449 g/mol. The van der Waals surface area contributed by atoms with Gasteiger partial charge in [0.2, 0.25) is 5.91 Å². The molecule has 3 aromatic rings. The molecular weight excluding hydrogens is 425 g/mol. The third-order valence-electron chi connectivity index (χ3n) is 4.84. The zero-order valence-corrected chi connectivity index (χ0v) is 18.4. The lowest BCUT2D eigenvalue weighted by atomic mass is 10.1. The topological polar surface area (TPSA) is 100 Å². The van der Waals surface area contributed by atoms with Gasteiger partial charge in [-0.1, -0.05) is 24.3 Å². The monoisotopic (exact) mass is 449 g/mol. The van der Waals surface area contributed by atoms with Gasteiger partial charge in [-0.3, -0.25) is 14.4 Å². The Morgan fingerprint density at radius 1 is 1.18 bits per heavy atom. The van der Waals surface area contributed by atoms with Gasteiger partial charge in [0.05, 0.1) is 31.0 Å². The van der Waals surface area contributed by atoms with E-state index in [0.717, 1.165) is 5.56 Å². The number of hydrogen-bond acceptors (Lipinski definition) is 6. The van der Waals surface area contributed by atoms with Crippen LogP contribution in [-0.2, 0) is 29.7 Å². The fourth-order valence-electron chi connectivity index (χ4n) is 3.32. The number of aryl methyl sites for hydroxylation is 1. The van der Waals surface area contributed by atoms with E-state index in [-0.39, 0.29) is 36.3 Å². The van der Waals surface area contributed by atoms with Crippen LogP contribution >= 0.6 is 0 Å². The van der Waals surface area contributed by atoms with Crippen LogP contribution in [0.15, 0.2) is 54.7 Å². The number of hydrogen-bond donors (Lipinski definition) is 1. The van der Waals surface area contributed by atoms with Gasteiger partial charge in [-0.05, 0) is 42.3 Å². The van der Waals surface area contributed by atoms with Gasteiger partial charge < -0.3 is 10.1 Å². The highest BCUT2D eigenvalue weighted by Crippen LogP contribution is 2.17. The third kappa shape index (κ3) is 6.48. The lowest BCUT2D eigenvalue weighted by Gasteiger charge is -2.22. The first kappa shape index (κ1) is 23.6. The molecule has 1 N–H and O–H groups in total. The summed E-state index contributed by atoms with van der Waals surface area (Å²) in [6.45, 7) is 2.59. The molecule has 170 valence electrons. The Bertz CT molecular complexity index is 1170. The van der Waals surface area contributed by atoms with Crippen LogP contribution in [-0.4, -0.2) is 39.7 Å². The summed E-state index contributed by atoms with van der Waals surface area (Å²) in [6.07, 6.45) is 1.34. The quantitative estimate of drug-likeness (QED) is 0.504. The molecule has 0 fully saturated rings. The number of amides is 1. The van der Waals surface area contributed by atoms with E-state index >= 15 is 0 Å². The van der Waals surface area contributed by atoms with Crippen LogP contribution in [0.1, 0.15) is 34.0 Å². The van der Waals surface area contributed by atoms with Crippen LogP contribution in [0.3, 0.4) is 0 Å². The molecule has 0 saturated heterocycles. The molecule has 3 rings (SSSR count). The average Bonchev–Trinajstić information content (AvgIpc) is 3.14. The summed E-state index contributed by atoms with van der Waals surface area (Å²) in [5.41, 5.74) is 2.31. The first-order valence-corrected chi connectivity index (χ1v) is 10.3. The molecule has 0 aliphatic carbocycles. The van der Waals surface area contributed by atoms with Crippen molar-refractivity contribution in [2.24, 2.45) is 7.05 Å². The van der Waals surface area contributed by atoms with Crippen molar-refractivity contribution < 1.29 is 18.7 Å². The van der Waals surface area contributed by atoms with Crippen LogP contribution in [0.25, 0.3) is 0 Å². The van der Waals surface area contributed by atoms with Crippen LogP contribution in [0.2, 0.25) is 0 Å². The molecule has 0 radical (unpaired) electrons. The largest absolute Gasteiger partial charge is 0.462 e. The van der Waals surface area contributed by atoms with Crippen molar-refractivity contribution in [1.29, 1.82) is 5.26 Å². The van der Waals surface area contributed by atoms with E-state index in [2.05, 4.69) is 16.5 Å². The van der Waals surface area contributed by atoms with Crippen LogP contribution in [0.5, 0.6) is 0 Å². The summed E-state index contributed by atoms with van der Waals surface area (Å²) in [6, 6.07) is 15.3. The van der Waals surface area contributed by atoms with E-state index in [4.69, 9.17) is 10.00 Å². The predicted octanol–water partition coefficient (Wildman–Crippen LogP) is 3.25. The lowest BCUT2D eigenvalue weighted by molar-refractivity contribution is -0.117. The Hall–Kier alpha value is -4.03. The number of aromatic nitrogens is 2. The normalized spacial score (nSPS) is 10.6. The molecule has 0 atom stereocenters. The van der Waals surface area contributed by atoms with Gasteiger partial charge in [-0.2, -0.15) is 10.4 Å². The molecule has 0 aliphatic rings. The zero-order valence-electron chi connectivity index (χ0n) is 18.4. The summed E-state index contributed by atoms with van der Waals surface area (Å²) in [7, 11) is 1.61. The van der Waals surface area contributed by atoms with Crippen LogP contribution in [0, 0.1) is 17.1 Å². The van der Waals surface area contributed by atoms with Gasteiger partial charge >= 0.3 is 5.97 Å². The molecule has 1 aromatic heterocycles. The Kier molecular flexibility index (Phi) is 7.89. The zero-order chi connectivity index (χ0) is 23.8. The van der Waals surface area contributed by atoms with Crippen molar-refractivity contribution in [3.05, 3.63) is 82.8 Å². The number of halogens is 1. The molecule has 2 aromatic carbocycles. The minimum Gasteiger partial charge on any atom is -0.462 e. The number of rotatable bonds is 9. The number of nitrogens with zero attached hydrogens (tertiary/aromatic N) is 4. The van der Waals surface area contributed by atoms with Crippen molar-refractivity contribution >= 4 is 17.7 Å². The first-order valence-electron chi connectivity index (χ1n) is 10.3. The number of anilines is 1. The minimum absolute atomic E-state index is 0.0238. The number of carbonyl (C=O) groups excluding carboxylic acids is 2. The summed E-state index contributed by atoms with van der Waals surface area (Å²) in [5, 5.41) is 15.8. The van der Waals surface area contributed by atoms with E-state index in [1.54, 1.807) is 38.2 Å². The second kappa shape index (κ2) is 11.0. The maximum absolute atomic E-state index is 13.7. The Morgan fingerprint density at radius 2 is 1.91 bits per heavy atom. The third-order valence-corrected chi connectivity index (χ3v) is 4.84.